The molecule has 0 heterocycles. The van der Waals surface area contributed by atoms with Gasteiger partial charge in [-0.1, -0.05) is 97.1 Å². The molecule has 0 radical (unpaired) electrons. The first-order valence-electron chi connectivity index (χ1n) is 11.5. The lowest BCUT2D eigenvalue weighted by Gasteiger charge is -2.15. The van der Waals surface area contributed by atoms with Crippen LogP contribution in [0.1, 0.15) is 22.3 Å². The van der Waals surface area contributed by atoms with Crippen molar-refractivity contribution in [2.75, 3.05) is 13.2 Å². The molecule has 3 nitrogen and oxygen atoms in total. The van der Waals surface area contributed by atoms with E-state index in [0.29, 0.717) is 26.4 Å². The first kappa shape index (κ1) is 22.8. The molecule has 0 atom stereocenters. The number of hydrogen-bond donors (Lipinski definition) is 0. The van der Waals surface area contributed by atoms with Crippen molar-refractivity contribution in [2.45, 2.75) is 26.1 Å². The minimum absolute atomic E-state index is 0.621. The molecule has 0 aromatic heterocycles. The largest absolute Gasteiger partial charge is 0.457 e. The molecular formula is C30H30O3. The SMILES string of the molecule is c1ccc(COCCc2ccccc2Oc2ccccc2CCOCc2ccccc2)cc1. The van der Waals surface area contributed by atoms with Crippen LogP contribution in [-0.4, -0.2) is 13.2 Å². The molecular weight excluding hydrogens is 408 g/mol. The van der Waals surface area contributed by atoms with E-state index in [2.05, 4.69) is 36.4 Å². The second kappa shape index (κ2) is 12.6. The third-order valence-electron chi connectivity index (χ3n) is 5.42. The average molecular weight is 439 g/mol. The maximum atomic E-state index is 6.36. The third kappa shape index (κ3) is 7.31. The second-order valence-corrected chi connectivity index (χ2v) is 7.89. The summed E-state index contributed by atoms with van der Waals surface area (Å²) in [5.41, 5.74) is 4.65. The Morgan fingerprint density at radius 2 is 0.818 bits per heavy atom. The lowest BCUT2D eigenvalue weighted by molar-refractivity contribution is 0.123. The smallest absolute Gasteiger partial charge is 0.130 e. The van der Waals surface area contributed by atoms with Gasteiger partial charge in [-0.3, -0.25) is 0 Å². The van der Waals surface area contributed by atoms with E-state index in [1.165, 1.54) is 11.1 Å². The predicted octanol–water partition coefficient (Wildman–Crippen LogP) is 7.00. The van der Waals surface area contributed by atoms with E-state index < -0.39 is 0 Å². The molecule has 0 aliphatic carbocycles. The van der Waals surface area contributed by atoms with Crippen molar-refractivity contribution in [1.29, 1.82) is 0 Å². The van der Waals surface area contributed by atoms with E-state index in [1.807, 2.05) is 72.8 Å². The van der Waals surface area contributed by atoms with Crippen molar-refractivity contribution in [3.05, 3.63) is 131 Å². The maximum Gasteiger partial charge on any atom is 0.130 e. The Morgan fingerprint density at radius 3 is 1.27 bits per heavy atom. The molecule has 0 spiro atoms. The Bertz CT molecular complexity index is 1000. The normalized spacial score (nSPS) is 10.8. The van der Waals surface area contributed by atoms with E-state index in [9.17, 15) is 0 Å². The van der Waals surface area contributed by atoms with Crippen LogP contribution in [0.5, 0.6) is 11.5 Å². The topological polar surface area (TPSA) is 27.7 Å². The molecule has 0 bridgehead atoms. The van der Waals surface area contributed by atoms with Crippen LogP contribution < -0.4 is 4.74 Å². The fourth-order valence-corrected chi connectivity index (χ4v) is 3.63. The van der Waals surface area contributed by atoms with Crippen LogP contribution in [0.2, 0.25) is 0 Å². The molecule has 0 amide bonds. The summed E-state index contributed by atoms with van der Waals surface area (Å²) in [4.78, 5) is 0. The number of benzene rings is 4. The van der Waals surface area contributed by atoms with Crippen LogP contribution >= 0.6 is 0 Å². The first-order valence-corrected chi connectivity index (χ1v) is 11.5. The van der Waals surface area contributed by atoms with E-state index in [0.717, 1.165) is 35.5 Å². The Morgan fingerprint density at radius 1 is 0.424 bits per heavy atom. The molecule has 0 fully saturated rings. The zero-order chi connectivity index (χ0) is 22.6. The van der Waals surface area contributed by atoms with Gasteiger partial charge >= 0.3 is 0 Å². The van der Waals surface area contributed by atoms with Gasteiger partial charge in [-0.2, -0.15) is 0 Å². The van der Waals surface area contributed by atoms with Crippen LogP contribution in [0.15, 0.2) is 109 Å². The third-order valence-corrected chi connectivity index (χ3v) is 5.42. The van der Waals surface area contributed by atoms with Crippen LogP contribution in [0.3, 0.4) is 0 Å². The standard InChI is InChI=1S/C30H30O3/c1-3-11-25(12-4-1)23-31-21-19-27-15-7-9-17-29(27)33-30-18-10-8-16-28(30)20-22-32-24-26-13-5-2-6-14-26/h1-18H,19-24H2. The Kier molecular flexibility index (Phi) is 8.69. The fourth-order valence-electron chi connectivity index (χ4n) is 3.63. The molecule has 33 heavy (non-hydrogen) atoms. The summed E-state index contributed by atoms with van der Waals surface area (Å²) in [6.45, 7) is 2.53. The van der Waals surface area contributed by atoms with Gasteiger partial charge in [0.05, 0.1) is 26.4 Å². The quantitative estimate of drug-likeness (QED) is 0.223. The zero-order valence-electron chi connectivity index (χ0n) is 18.9. The molecule has 168 valence electrons. The molecule has 0 aliphatic rings. The highest BCUT2D eigenvalue weighted by atomic mass is 16.5. The fraction of sp³-hybridized carbons (Fsp3) is 0.200. The monoisotopic (exact) mass is 438 g/mol. The van der Waals surface area contributed by atoms with Gasteiger partial charge in [0.15, 0.2) is 0 Å². The van der Waals surface area contributed by atoms with Gasteiger partial charge in [0.2, 0.25) is 0 Å². The van der Waals surface area contributed by atoms with E-state index in [4.69, 9.17) is 14.2 Å². The Hall–Kier alpha value is -3.40. The van der Waals surface area contributed by atoms with Crippen LogP contribution in [0, 0.1) is 0 Å². The number of rotatable bonds is 12. The van der Waals surface area contributed by atoms with E-state index >= 15 is 0 Å². The van der Waals surface area contributed by atoms with Crippen molar-refractivity contribution in [1.82, 2.24) is 0 Å². The predicted molar refractivity (Wildman–Crippen MR) is 133 cm³/mol. The Labute approximate surface area is 196 Å². The van der Waals surface area contributed by atoms with Crippen LogP contribution in [0.4, 0.5) is 0 Å². The second-order valence-electron chi connectivity index (χ2n) is 7.89. The molecule has 0 saturated carbocycles. The molecule has 0 aliphatic heterocycles. The first-order chi connectivity index (χ1) is 16.4. The molecule has 0 saturated heterocycles. The lowest BCUT2D eigenvalue weighted by atomic mass is 10.1. The molecule has 4 aromatic rings. The summed E-state index contributed by atoms with van der Waals surface area (Å²) >= 11 is 0. The highest BCUT2D eigenvalue weighted by Crippen LogP contribution is 2.29. The van der Waals surface area contributed by atoms with Crippen LogP contribution in [0.25, 0.3) is 0 Å². The molecule has 4 rings (SSSR count). The summed E-state index contributed by atoms with van der Waals surface area (Å²) in [5, 5.41) is 0. The van der Waals surface area contributed by atoms with Gasteiger partial charge in [-0.25, -0.2) is 0 Å². The van der Waals surface area contributed by atoms with Crippen molar-refractivity contribution in [3.8, 4) is 11.5 Å². The molecule has 0 N–H and O–H groups in total. The van der Waals surface area contributed by atoms with E-state index in [1.54, 1.807) is 0 Å². The number of para-hydroxylation sites is 2. The number of hydrogen-bond acceptors (Lipinski definition) is 3. The van der Waals surface area contributed by atoms with Crippen molar-refractivity contribution < 1.29 is 14.2 Å². The lowest BCUT2D eigenvalue weighted by Crippen LogP contribution is -2.03. The van der Waals surface area contributed by atoms with Gasteiger partial charge in [0, 0.05) is 0 Å². The van der Waals surface area contributed by atoms with E-state index in [-0.39, 0.29) is 0 Å². The zero-order valence-corrected chi connectivity index (χ0v) is 18.9. The summed E-state index contributed by atoms with van der Waals surface area (Å²) in [5.74, 6) is 1.75. The average Bonchev–Trinajstić information content (AvgIpc) is 2.87. The summed E-state index contributed by atoms with van der Waals surface area (Å²) < 4.78 is 18.1. The van der Waals surface area contributed by atoms with Gasteiger partial charge in [0.1, 0.15) is 11.5 Å². The van der Waals surface area contributed by atoms with Crippen molar-refractivity contribution in [2.24, 2.45) is 0 Å². The summed E-state index contributed by atoms with van der Waals surface area (Å²) in [7, 11) is 0. The van der Waals surface area contributed by atoms with Gasteiger partial charge in [0.25, 0.3) is 0 Å². The molecule has 0 unspecified atom stereocenters. The highest BCUT2D eigenvalue weighted by molar-refractivity contribution is 5.41. The van der Waals surface area contributed by atoms with Gasteiger partial charge in [-0.05, 0) is 47.2 Å². The minimum Gasteiger partial charge on any atom is -0.457 e. The van der Waals surface area contributed by atoms with Crippen molar-refractivity contribution in [3.63, 3.8) is 0 Å². The molecule has 4 aromatic carbocycles. The highest BCUT2D eigenvalue weighted by Gasteiger charge is 2.09. The summed E-state index contributed by atoms with van der Waals surface area (Å²) in [6.07, 6.45) is 1.59. The van der Waals surface area contributed by atoms with Gasteiger partial charge < -0.3 is 14.2 Å². The van der Waals surface area contributed by atoms with Crippen molar-refractivity contribution >= 4 is 0 Å². The van der Waals surface area contributed by atoms with Crippen LogP contribution in [-0.2, 0) is 35.5 Å². The Balaban J connectivity index is 1.31. The number of ether oxygens (including phenoxy) is 3. The van der Waals surface area contributed by atoms with Gasteiger partial charge in [-0.15, -0.1) is 0 Å². The molecule has 3 heteroatoms. The minimum atomic E-state index is 0.621. The maximum absolute atomic E-state index is 6.36. The summed E-state index contributed by atoms with van der Waals surface area (Å²) in [6, 6.07) is 36.9.